The van der Waals surface area contributed by atoms with Crippen molar-refractivity contribution in [1.29, 1.82) is 0 Å². The molecule has 4 nitrogen and oxygen atoms in total. The second-order valence-electron chi connectivity index (χ2n) is 4.35. The van der Waals surface area contributed by atoms with Crippen molar-refractivity contribution in [3.8, 4) is 5.75 Å². The molecule has 1 amide bonds. The van der Waals surface area contributed by atoms with Gasteiger partial charge in [-0.2, -0.15) is 0 Å². The van der Waals surface area contributed by atoms with E-state index < -0.39 is 0 Å². The minimum absolute atomic E-state index is 0.220. The SMILES string of the molecule is CCOc1ccccc1NC(=S)NC(=O)c1cccc(Br)c1. The molecule has 0 spiro atoms. The summed E-state index contributed by atoms with van der Waals surface area (Å²) < 4.78 is 6.34. The number of para-hydroxylation sites is 2. The third-order valence-corrected chi connectivity index (χ3v) is 3.45. The van der Waals surface area contributed by atoms with Crippen molar-refractivity contribution in [2.75, 3.05) is 11.9 Å². The minimum Gasteiger partial charge on any atom is -0.492 e. The second kappa shape index (κ2) is 7.91. The number of carbonyl (C=O) groups is 1. The van der Waals surface area contributed by atoms with E-state index in [-0.39, 0.29) is 11.0 Å². The quantitative estimate of drug-likeness (QED) is 0.790. The fraction of sp³-hybridized carbons (Fsp3) is 0.125. The zero-order valence-electron chi connectivity index (χ0n) is 11.9. The highest BCUT2D eigenvalue weighted by atomic mass is 79.9. The van der Waals surface area contributed by atoms with Crippen molar-refractivity contribution >= 4 is 44.9 Å². The van der Waals surface area contributed by atoms with E-state index in [4.69, 9.17) is 17.0 Å². The summed E-state index contributed by atoms with van der Waals surface area (Å²) in [6.45, 7) is 2.46. The van der Waals surface area contributed by atoms with Crippen LogP contribution in [0.3, 0.4) is 0 Å². The Morgan fingerprint density at radius 1 is 1.23 bits per heavy atom. The van der Waals surface area contributed by atoms with Gasteiger partial charge in [0.25, 0.3) is 5.91 Å². The average Bonchev–Trinajstić information content (AvgIpc) is 2.49. The number of hydrogen-bond donors (Lipinski definition) is 2. The van der Waals surface area contributed by atoms with Crippen molar-refractivity contribution < 1.29 is 9.53 Å². The molecule has 0 atom stereocenters. The van der Waals surface area contributed by atoms with Crippen LogP contribution in [-0.2, 0) is 0 Å². The molecule has 114 valence electrons. The Morgan fingerprint density at radius 3 is 2.73 bits per heavy atom. The number of amides is 1. The summed E-state index contributed by atoms with van der Waals surface area (Å²) in [5.41, 5.74) is 1.24. The van der Waals surface area contributed by atoms with E-state index in [1.54, 1.807) is 18.2 Å². The molecule has 0 radical (unpaired) electrons. The standard InChI is InChI=1S/C16H15BrN2O2S/c1-2-21-14-9-4-3-8-13(14)18-16(22)19-15(20)11-6-5-7-12(17)10-11/h3-10H,2H2,1H3,(H2,18,19,20,22). The number of ether oxygens (including phenoxy) is 1. The lowest BCUT2D eigenvalue weighted by Crippen LogP contribution is -2.34. The molecule has 6 heteroatoms. The number of thiocarbonyl (C=S) groups is 1. The molecule has 0 aliphatic heterocycles. The lowest BCUT2D eigenvalue weighted by Gasteiger charge is -2.13. The van der Waals surface area contributed by atoms with Gasteiger partial charge in [-0.15, -0.1) is 0 Å². The third-order valence-electron chi connectivity index (χ3n) is 2.75. The van der Waals surface area contributed by atoms with Gasteiger partial charge in [0.15, 0.2) is 5.11 Å². The molecule has 2 aromatic carbocycles. The normalized spacial score (nSPS) is 9.91. The van der Waals surface area contributed by atoms with Crippen molar-refractivity contribution in [3.05, 3.63) is 58.6 Å². The van der Waals surface area contributed by atoms with Gasteiger partial charge in [-0.25, -0.2) is 0 Å². The number of hydrogen-bond acceptors (Lipinski definition) is 3. The van der Waals surface area contributed by atoms with E-state index in [9.17, 15) is 4.79 Å². The number of anilines is 1. The third kappa shape index (κ3) is 4.54. The zero-order chi connectivity index (χ0) is 15.9. The van der Waals surface area contributed by atoms with Gasteiger partial charge in [0.2, 0.25) is 0 Å². The van der Waals surface area contributed by atoms with Crippen LogP contribution in [0.2, 0.25) is 0 Å². The van der Waals surface area contributed by atoms with Gasteiger partial charge in [0.1, 0.15) is 5.75 Å². The number of carbonyl (C=O) groups excluding carboxylic acids is 1. The van der Waals surface area contributed by atoms with Crippen LogP contribution in [0.1, 0.15) is 17.3 Å². The zero-order valence-corrected chi connectivity index (χ0v) is 14.3. The van der Waals surface area contributed by atoms with Crippen LogP contribution in [0.25, 0.3) is 0 Å². The summed E-state index contributed by atoms with van der Waals surface area (Å²) in [5.74, 6) is 0.414. The van der Waals surface area contributed by atoms with Gasteiger partial charge in [0, 0.05) is 10.0 Å². The largest absolute Gasteiger partial charge is 0.492 e. The van der Waals surface area contributed by atoms with Crippen LogP contribution >= 0.6 is 28.1 Å². The first-order valence-corrected chi connectivity index (χ1v) is 7.90. The maximum Gasteiger partial charge on any atom is 0.257 e. The predicted octanol–water partition coefficient (Wildman–Crippen LogP) is 3.97. The maximum absolute atomic E-state index is 12.1. The monoisotopic (exact) mass is 378 g/mol. The van der Waals surface area contributed by atoms with Gasteiger partial charge >= 0.3 is 0 Å². The van der Waals surface area contributed by atoms with E-state index in [1.807, 2.05) is 37.3 Å². The lowest BCUT2D eigenvalue weighted by molar-refractivity contribution is 0.0977. The van der Waals surface area contributed by atoms with Crippen LogP contribution in [0.5, 0.6) is 5.75 Å². The molecule has 0 unspecified atom stereocenters. The molecule has 0 fully saturated rings. The lowest BCUT2D eigenvalue weighted by atomic mass is 10.2. The summed E-state index contributed by atoms with van der Waals surface area (Å²) in [7, 11) is 0. The van der Waals surface area contributed by atoms with Crippen LogP contribution in [0, 0.1) is 0 Å². The number of rotatable bonds is 4. The molecular weight excluding hydrogens is 364 g/mol. The number of nitrogens with one attached hydrogen (secondary N) is 2. The fourth-order valence-electron chi connectivity index (χ4n) is 1.81. The highest BCUT2D eigenvalue weighted by Crippen LogP contribution is 2.23. The average molecular weight is 379 g/mol. The van der Waals surface area contributed by atoms with E-state index in [0.717, 1.165) is 4.47 Å². The fourth-order valence-corrected chi connectivity index (χ4v) is 2.41. The molecule has 0 heterocycles. The Bertz CT molecular complexity index is 691. The van der Waals surface area contributed by atoms with Crippen molar-refractivity contribution in [1.82, 2.24) is 5.32 Å². The first-order chi connectivity index (χ1) is 10.6. The second-order valence-corrected chi connectivity index (χ2v) is 5.67. The Balaban J connectivity index is 2.03. The molecule has 2 N–H and O–H groups in total. The van der Waals surface area contributed by atoms with Gasteiger partial charge in [-0.05, 0) is 49.5 Å². The Morgan fingerprint density at radius 2 is 2.00 bits per heavy atom. The van der Waals surface area contributed by atoms with E-state index in [1.165, 1.54) is 0 Å². The summed E-state index contributed by atoms with van der Waals surface area (Å²) in [6.07, 6.45) is 0. The number of halogens is 1. The Kier molecular flexibility index (Phi) is 5.91. The topological polar surface area (TPSA) is 50.4 Å². The van der Waals surface area contributed by atoms with Crippen molar-refractivity contribution in [2.24, 2.45) is 0 Å². The van der Waals surface area contributed by atoms with E-state index in [0.29, 0.717) is 23.6 Å². The van der Waals surface area contributed by atoms with Gasteiger partial charge in [0.05, 0.1) is 12.3 Å². The summed E-state index contributed by atoms with van der Waals surface area (Å²) in [4.78, 5) is 12.1. The van der Waals surface area contributed by atoms with Gasteiger partial charge in [-0.1, -0.05) is 34.1 Å². The maximum atomic E-state index is 12.1. The Hall–Kier alpha value is -1.92. The van der Waals surface area contributed by atoms with Crippen LogP contribution in [0.15, 0.2) is 53.0 Å². The molecule has 2 aromatic rings. The predicted molar refractivity (Wildman–Crippen MR) is 95.4 cm³/mol. The van der Waals surface area contributed by atoms with Crippen molar-refractivity contribution in [3.63, 3.8) is 0 Å². The summed E-state index contributed by atoms with van der Waals surface area (Å²) in [5, 5.41) is 5.84. The van der Waals surface area contributed by atoms with Gasteiger partial charge < -0.3 is 10.1 Å². The molecule has 2 rings (SSSR count). The highest BCUT2D eigenvalue weighted by Gasteiger charge is 2.10. The minimum atomic E-state index is -0.271. The molecule has 0 aromatic heterocycles. The van der Waals surface area contributed by atoms with E-state index in [2.05, 4.69) is 26.6 Å². The van der Waals surface area contributed by atoms with Crippen LogP contribution in [0.4, 0.5) is 5.69 Å². The molecule has 0 aliphatic rings. The molecule has 0 saturated heterocycles. The number of benzene rings is 2. The van der Waals surface area contributed by atoms with Gasteiger partial charge in [-0.3, -0.25) is 10.1 Å². The van der Waals surface area contributed by atoms with Crippen molar-refractivity contribution in [2.45, 2.75) is 6.92 Å². The van der Waals surface area contributed by atoms with Crippen LogP contribution < -0.4 is 15.4 Å². The molecule has 0 bridgehead atoms. The molecule has 22 heavy (non-hydrogen) atoms. The first kappa shape index (κ1) is 16.5. The Labute approximate surface area is 143 Å². The highest BCUT2D eigenvalue weighted by molar-refractivity contribution is 9.10. The molecular formula is C16H15BrN2O2S. The van der Waals surface area contributed by atoms with E-state index >= 15 is 0 Å². The molecule has 0 aliphatic carbocycles. The summed E-state index contributed by atoms with van der Waals surface area (Å²) in [6, 6.07) is 14.5. The smallest absolute Gasteiger partial charge is 0.257 e. The first-order valence-electron chi connectivity index (χ1n) is 6.70. The summed E-state index contributed by atoms with van der Waals surface area (Å²) >= 11 is 8.51. The van der Waals surface area contributed by atoms with Crippen LogP contribution in [-0.4, -0.2) is 17.6 Å². The molecule has 0 saturated carbocycles.